The quantitative estimate of drug-likeness (QED) is 0.208. The number of H-pyrrole nitrogens is 1. The average Bonchev–Trinajstić information content (AvgIpc) is 3.39. The fraction of sp³-hybridized carbons (Fsp3) is 0.217. The minimum absolute atomic E-state index is 0.0666. The van der Waals surface area contributed by atoms with Crippen LogP contribution in [-0.4, -0.2) is 25.3 Å². The van der Waals surface area contributed by atoms with Crippen molar-refractivity contribution in [3.63, 3.8) is 0 Å². The third kappa shape index (κ3) is 4.77. The molecule has 4 aromatic rings. The van der Waals surface area contributed by atoms with Crippen LogP contribution < -0.4 is 0 Å². The number of aromatic amines is 1. The molecule has 2 aromatic carbocycles. The van der Waals surface area contributed by atoms with Gasteiger partial charge in [-0.05, 0) is 12.8 Å². The van der Waals surface area contributed by atoms with Gasteiger partial charge in [-0.3, -0.25) is 0 Å². The number of hydrogen-bond donors (Lipinski definition) is 2. The number of thioether (sulfide) groups is 1. The predicted octanol–water partition coefficient (Wildman–Crippen LogP) is 6.02. The normalized spacial score (nSPS) is 12.2. The van der Waals surface area contributed by atoms with E-state index in [9.17, 15) is 0 Å². The fourth-order valence-corrected chi connectivity index (χ4v) is 4.43. The van der Waals surface area contributed by atoms with Crippen LogP contribution in [0, 0.1) is 0 Å². The molecule has 0 aliphatic rings. The van der Waals surface area contributed by atoms with Gasteiger partial charge in [0.15, 0.2) is 5.16 Å². The Morgan fingerprint density at radius 2 is 1.72 bits per heavy atom. The van der Waals surface area contributed by atoms with E-state index in [4.69, 9.17) is 17.6 Å². The van der Waals surface area contributed by atoms with Crippen molar-refractivity contribution in [2.24, 2.45) is 7.05 Å². The van der Waals surface area contributed by atoms with Crippen molar-refractivity contribution < 1.29 is 0 Å². The summed E-state index contributed by atoms with van der Waals surface area (Å²) in [5.41, 5.74) is 4.28. The van der Waals surface area contributed by atoms with E-state index in [2.05, 4.69) is 46.4 Å². The third-order valence-electron chi connectivity index (χ3n) is 4.78. The van der Waals surface area contributed by atoms with E-state index in [1.165, 1.54) is 0 Å². The number of nitrogens with zero attached hydrogens (tertiary/aromatic N) is 3. The van der Waals surface area contributed by atoms with Crippen LogP contribution in [0.5, 0.6) is 0 Å². The Morgan fingerprint density at radius 1 is 1.03 bits per heavy atom. The highest BCUT2D eigenvalue weighted by molar-refractivity contribution is 7.99. The number of benzene rings is 2. The zero-order chi connectivity index (χ0) is 20.1. The van der Waals surface area contributed by atoms with Gasteiger partial charge in [-0.15, -0.1) is 0 Å². The molecule has 1 unspecified atom stereocenters. The Hall–Kier alpha value is -2.44. The van der Waals surface area contributed by atoms with Crippen LogP contribution in [0.4, 0.5) is 0 Å². The molecule has 2 heterocycles. The summed E-state index contributed by atoms with van der Waals surface area (Å²) in [6.07, 6.45) is 5.82. The molecule has 29 heavy (non-hydrogen) atoms. The molecule has 0 bridgehead atoms. The van der Waals surface area contributed by atoms with Gasteiger partial charge in [0.25, 0.3) is 0 Å². The molecule has 4 nitrogen and oxygen atoms in total. The molecule has 0 fully saturated rings. The predicted molar refractivity (Wildman–Crippen MR) is 124 cm³/mol. The standard InChI is InChI=1S/C23H24N4S2/c1-27-15-14-24-23(27)29-16-8-13-19(28)22-25-20(17-9-4-2-5-10-17)21(26-22)18-11-6-3-7-12-18/h2-7,9-12,14-15,19,28H,8,13,16H2,1H3,(H,25,26). The van der Waals surface area contributed by atoms with Crippen molar-refractivity contribution >= 4 is 24.4 Å². The first-order valence-corrected chi connectivity index (χ1v) is 11.2. The first kappa shape index (κ1) is 19.9. The van der Waals surface area contributed by atoms with Gasteiger partial charge >= 0.3 is 0 Å². The van der Waals surface area contributed by atoms with Crippen LogP contribution in [0.2, 0.25) is 0 Å². The Labute approximate surface area is 181 Å². The molecule has 1 N–H and O–H groups in total. The first-order valence-electron chi connectivity index (χ1n) is 9.71. The molecule has 0 aliphatic heterocycles. The largest absolute Gasteiger partial charge is 0.341 e. The smallest absolute Gasteiger partial charge is 0.167 e. The van der Waals surface area contributed by atoms with Crippen LogP contribution in [0.3, 0.4) is 0 Å². The molecule has 0 saturated carbocycles. The molecule has 1 atom stereocenters. The van der Waals surface area contributed by atoms with Crippen molar-refractivity contribution in [1.82, 2.24) is 19.5 Å². The second-order valence-corrected chi connectivity index (χ2v) is 8.59. The summed E-state index contributed by atoms with van der Waals surface area (Å²) in [6, 6.07) is 20.7. The summed E-state index contributed by atoms with van der Waals surface area (Å²) in [7, 11) is 2.02. The number of aryl methyl sites for hydroxylation is 1. The summed E-state index contributed by atoms with van der Waals surface area (Å²) in [6.45, 7) is 0. The third-order valence-corrected chi connectivity index (χ3v) is 6.42. The maximum absolute atomic E-state index is 4.94. The van der Waals surface area contributed by atoms with E-state index >= 15 is 0 Å². The SMILES string of the molecule is Cn1ccnc1SCCCC(S)c1nc(-c2ccccc2)c(-c2ccccc2)[nH]1. The number of rotatable bonds is 8. The maximum atomic E-state index is 4.94. The van der Waals surface area contributed by atoms with E-state index in [0.29, 0.717) is 0 Å². The van der Waals surface area contributed by atoms with Gasteiger partial charge in [0.1, 0.15) is 5.82 Å². The van der Waals surface area contributed by atoms with Crippen molar-refractivity contribution in [2.45, 2.75) is 23.2 Å². The second-order valence-electron chi connectivity index (χ2n) is 6.90. The molecule has 148 valence electrons. The van der Waals surface area contributed by atoms with E-state index in [1.807, 2.05) is 48.3 Å². The van der Waals surface area contributed by atoms with Gasteiger partial charge < -0.3 is 9.55 Å². The van der Waals surface area contributed by atoms with Gasteiger partial charge in [0.05, 0.1) is 16.6 Å². The summed E-state index contributed by atoms with van der Waals surface area (Å²) in [5, 5.41) is 1.12. The number of nitrogens with one attached hydrogen (secondary N) is 1. The lowest BCUT2D eigenvalue weighted by molar-refractivity contribution is 0.750. The van der Waals surface area contributed by atoms with E-state index in [-0.39, 0.29) is 5.25 Å². The zero-order valence-corrected chi connectivity index (χ0v) is 18.0. The topological polar surface area (TPSA) is 46.5 Å². The van der Waals surface area contributed by atoms with Gasteiger partial charge in [-0.25, -0.2) is 9.97 Å². The Kier molecular flexibility index (Phi) is 6.42. The highest BCUT2D eigenvalue weighted by Crippen LogP contribution is 2.34. The lowest BCUT2D eigenvalue weighted by atomic mass is 10.1. The monoisotopic (exact) mass is 420 g/mol. The summed E-state index contributed by atoms with van der Waals surface area (Å²) in [5.74, 6) is 1.94. The minimum Gasteiger partial charge on any atom is -0.341 e. The number of imidazole rings is 2. The number of hydrogen-bond acceptors (Lipinski definition) is 4. The fourth-order valence-electron chi connectivity index (χ4n) is 3.24. The highest BCUT2D eigenvalue weighted by atomic mass is 32.2. The van der Waals surface area contributed by atoms with Gasteiger partial charge in [-0.1, -0.05) is 72.4 Å². The second kappa shape index (κ2) is 9.37. The van der Waals surface area contributed by atoms with Crippen molar-refractivity contribution in [2.75, 3.05) is 5.75 Å². The number of thiol groups is 1. The first-order chi connectivity index (χ1) is 14.2. The lowest BCUT2D eigenvalue weighted by Gasteiger charge is -2.07. The van der Waals surface area contributed by atoms with Crippen molar-refractivity contribution in [3.05, 3.63) is 78.9 Å². The number of aromatic nitrogens is 4. The van der Waals surface area contributed by atoms with Crippen LogP contribution in [0.25, 0.3) is 22.5 Å². The Morgan fingerprint density at radius 3 is 2.38 bits per heavy atom. The molecule has 0 radical (unpaired) electrons. The summed E-state index contributed by atoms with van der Waals surface area (Å²) < 4.78 is 2.05. The van der Waals surface area contributed by atoms with E-state index in [1.54, 1.807) is 11.8 Å². The maximum Gasteiger partial charge on any atom is 0.167 e. The molecule has 0 aliphatic carbocycles. The van der Waals surface area contributed by atoms with Crippen molar-refractivity contribution in [3.8, 4) is 22.5 Å². The van der Waals surface area contributed by atoms with Crippen molar-refractivity contribution in [1.29, 1.82) is 0 Å². The average molecular weight is 421 g/mol. The molecular formula is C23H24N4S2. The van der Waals surface area contributed by atoms with Crippen LogP contribution in [0.1, 0.15) is 23.9 Å². The molecular weight excluding hydrogens is 396 g/mol. The van der Waals surface area contributed by atoms with Crippen LogP contribution in [-0.2, 0) is 7.05 Å². The van der Waals surface area contributed by atoms with E-state index in [0.717, 1.165) is 52.1 Å². The van der Waals surface area contributed by atoms with Gasteiger partial charge in [-0.2, -0.15) is 12.6 Å². The lowest BCUT2D eigenvalue weighted by Crippen LogP contribution is -1.96. The Balaban J connectivity index is 1.50. The van der Waals surface area contributed by atoms with Gasteiger partial charge in [0.2, 0.25) is 0 Å². The van der Waals surface area contributed by atoms with Crippen LogP contribution >= 0.6 is 24.4 Å². The zero-order valence-electron chi connectivity index (χ0n) is 16.3. The Bertz CT molecular complexity index is 984. The molecule has 4 rings (SSSR count). The molecule has 0 amide bonds. The van der Waals surface area contributed by atoms with E-state index < -0.39 is 0 Å². The minimum atomic E-state index is 0.0666. The highest BCUT2D eigenvalue weighted by Gasteiger charge is 2.18. The molecule has 0 spiro atoms. The summed E-state index contributed by atoms with van der Waals surface area (Å²) in [4.78, 5) is 12.9. The molecule has 2 aromatic heterocycles. The van der Waals surface area contributed by atoms with Crippen LogP contribution in [0.15, 0.2) is 78.2 Å². The summed E-state index contributed by atoms with van der Waals surface area (Å²) >= 11 is 6.63. The molecule has 0 saturated heterocycles. The molecule has 6 heteroatoms. The van der Waals surface area contributed by atoms with Gasteiger partial charge in [0, 0.05) is 36.3 Å².